The quantitative estimate of drug-likeness (QED) is 0.876. The Kier molecular flexibility index (Phi) is 5.08. The zero-order valence-corrected chi connectivity index (χ0v) is 13.1. The smallest absolute Gasteiger partial charge is 0.220 e. The number of carbonyl (C=O) groups excluding carboxylic acids is 1. The Hall–Kier alpha value is -1.42. The third kappa shape index (κ3) is 4.80. The molecule has 1 N–H and O–H groups in total. The minimum absolute atomic E-state index is 0.174. The number of hydrogen-bond acceptors (Lipinski definition) is 2. The average molecular weight is 304 g/mol. The highest BCUT2D eigenvalue weighted by Gasteiger charge is 2.24. The maximum absolute atomic E-state index is 12.9. The lowest BCUT2D eigenvalue weighted by Crippen LogP contribution is -2.34. The van der Waals surface area contributed by atoms with Crippen LogP contribution in [0.1, 0.15) is 44.1 Å². The lowest BCUT2D eigenvalue weighted by atomic mass is 9.92. The first-order chi connectivity index (χ1) is 10.7. The summed E-state index contributed by atoms with van der Waals surface area (Å²) in [5.41, 5.74) is 1.17. The van der Waals surface area contributed by atoms with Gasteiger partial charge in [0.15, 0.2) is 0 Å². The van der Waals surface area contributed by atoms with Gasteiger partial charge in [0, 0.05) is 19.0 Å². The van der Waals surface area contributed by atoms with E-state index in [0.29, 0.717) is 18.4 Å². The number of amides is 1. The van der Waals surface area contributed by atoms with Crippen LogP contribution in [0.25, 0.3) is 0 Å². The molecule has 0 bridgehead atoms. The van der Waals surface area contributed by atoms with Gasteiger partial charge < -0.3 is 5.32 Å². The molecule has 0 unspecified atom stereocenters. The molecular formula is C18H25FN2O. The van der Waals surface area contributed by atoms with Crippen LogP contribution in [0.2, 0.25) is 0 Å². The number of nitrogens with zero attached hydrogens (tertiary/aromatic N) is 1. The van der Waals surface area contributed by atoms with Gasteiger partial charge in [-0.25, -0.2) is 4.39 Å². The van der Waals surface area contributed by atoms with Gasteiger partial charge in [0.2, 0.25) is 5.91 Å². The molecule has 1 aliphatic heterocycles. The van der Waals surface area contributed by atoms with Crippen LogP contribution in [0.5, 0.6) is 0 Å². The Morgan fingerprint density at radius 1 is 1.14 bits per heavy atom. The topological polar surface area (TPSA) is 32.3 Å². The van der Waals surface area contributed by atoms with E-state index in [1.807, 2.05) is 12.1 Å². The van der Waals surface area contributed by atoms with Crippen molar-refractivity contribution in [3.8, 4) is 0 Å². The van der Waals surface area contributed by atoms with Crippen molar-refractivity contribution in [3.63, 3.8) is 0 Å². The first-order valence-corrected chi connectivity index (χ1v) is 8.45. The molecule has 120 valence electrons. The molecule has 3 rings (SSSR count). The number of piperidine rings is 1. The lowest BCUT2D eigenvalue weighted by Gasteiger charge is -2.32. The summed E-state index contributed by atoms with van der Waals surface area (Å²) in [6, 6.07) is 7.26. The van der Waals surface area contributed by atoms with Gasteiger partial charge in [0.25, 0.3) is 0 Å². The van der Waals surface area contributed by atoms with Crippen molar-refractivity contribution in [1.29, 1.82) is 0 Å². The van der Waals surface area contributed by atoms with Crippen molar-refractivity contribution in [1.82, 2.24) is 10.2 Å². The van der Waals surface area contributed by atoms with Gasteiger partial charge in [-0.1, -0.05) is 12.1 Å². The summed E-state index contributed by atoms with van der Waals surface area (Å²) in [5.74, 6) is 0.734. The number of benzene rings is 1. The summed E-state index contributed by atoms with van der Waals surface area (Å²) in [5, 5.41) is 3.06. The normalized spacial score (nSPS) is 20.0. The third-order valence-corrected chi connectivity index (χ3v) is 4.75. The molecule has 1 aliphatic carbocycles. The van der Waals surface area contributed by atoms with Crippen LogP contribution in [-0.2, 0) is 11.3 Å². The largest absolute Gasteiger partial charge is 0.353 e. The van der Waals surface area contributed by atoms with Crippen molar-refractivity contribution >= 4 is 5.91 Å². The Bertz CT molecular complexity index is 490. The fraction of sp³-hybridized carbons (Fsp3) is 0.611. The van der Waals surface area contributed by atoms with E-state index in [1.54, 1.807) is 0 Å². The molecule has 0 aromatic heterocycles. The zero-order chi connectivity index (χ0) is 15.4. The molecule has 2 aliphatic rings. The molecule has 0 radical (unpaired) electrons. The molecule has 1 aromatic carbocycles. The summed E-state index contributed by atoms with van der Waals surface area (Å²) in [6.07, 6.45) is 6.35. The van der Waals surface area contributed by atoms with Crippen LogP contribution in [-0.4, -0.2) is 29.9 Å². The highest BCUT2D eigenvalue weighted by Crippen LogP contribution is 2.24. The van der Waals surface area contributed by atoms with Crippen molar-refractivity contribution in [2.45, 2.75) is 51.1 Å². The highest BCUT2D eigenvalue weighted by molar-refractivity contribution is 5.76. The molecule has 4 heteroatoms. The summed E-state index contributed by atoms with van der Waals surface area (Å²) in [7, 11) is 0. The summed E-state index contributed by atoms with van der Waals surface area (Å²) in [4.78, 5) is 14.1. The number of rotatable bonds is 6. The predicted molar refractivity (Wildman–Crippen MR) is 84.8 cm³/mol. The van der Waals surface area contributed by atoms with E-state index in [0.717, 1.165) is 51.7 Å². The van der Waals surface area contributed by atoms with Crippen molar-refractivity contribution in [3.05, 3.63) is 35.6 Å². The Labute approximate surface area is 131 Å². The van der Waals surface area contributed by atoms with Gasteiger partial charge in [0.1, 0.15) is 5.82 Å². The van der Waals surface area contributed by atoms with E-state index in [1.165, 1.54) is 17.7 Å². The fourth-order valence-electron chi connectivity index (χ4n) is 3.14. The Morgan fingerprint density at radius 3 is 2.45 bits per heavy atom. The highest BCUT2D eigenvalue weighted by atomic mass is 19.1. The second-order valence-corrected chi connectivity index (χ2v) is 6.73. The van der Waals surface area contributed by atoms with E-state index in [9.17, 15) is 9.18 Å². The maximum atomic E-state index is 12.9. The summed E-state index contributed by atoms with van der Waals surface area (Å²) >= 11 is 0. The molecule has 0 atom stereocenters. The summed E-state index contributed by atoms with van der Waals surface area (Å²) in [6.45, 7) is 3.05. The van der Waals surface area contributed by atoms with Gasteiger partial charge in [-0.15, -0.1) is 0 Å². The zero-order valence-electron chi connectivity index (χ0n) is 13.1. The monoisotopic (exact) mass is 304 g/mol. The molecule has 2 fully saturated rings. The van der Waals surface area contributed by atoms with Crippen molar-refractivity contribution in [2.24, 2.45) is 5.92 Å². The van der Waals surface area contributed by atoms with E-state index < -0.39 is 0 Å². The molecule has 1 aromatic rings. The first kappa shape index (κ1) is 15.5. The number of hydrogen-bond donors (Lipinski definition) is 1. The van der Waals surface area contributed by atoms with Crippen LogP contribution in [0.4, 0.5) is 4.39 Å². The maximum Gasteiger partial charge on any atom is 0.220 e. The van der Waals surface area contributed by atoms with E-state index in [2.05, 4.69) is 10.2 Å². The van der Waals surface area contributed by atoms with E-state index in [4.69, 9.17) is 0 Å². The molecule has 3 nitrogen and oxygen atoms in total. The molecule has 1 saturated heterocycles. The standard InChI is InChI=1S/C18H25FN2O/c19-16-4-1-15(2-5-16)13-21-11-9-14(10-12-21)3-8-18(22)20-17-6-7-17/h1-2,4-5,14,17H,3,6-13H2,(H,20,22). The van der Waals surface area contributed by atoms with Crippen LogP contribution in [0.15, 0.2) is 24.3 Å². The number of nitrogens with one attached hydrogen (secondary N) is 1. The number of likely N-dealkylation sites (tertiary alicyclic amines) is 1. The number of carbonyl (C=O) groups is 1. The minimum atomic E-state index is -0.174. The van der Waals surface area contributed by atoms with Crippen molar-refractivity contribution < 1.29 is 9.18 Å². The second-order valence-electron chi connectivity index (χ2n) is 6.73. The van der Waals surface area contributed by atoms with Crippen LogP contribution in [0, 0.1) is 11.7 Å². The first-order valence-electron chi connectivity index (χ1n) is 8.45. The van der Waals surface area contributed by atoms with E-state index >= 15 is 0 Å². The minimum Gasteiger partial charge on any atom is -0.353 e. The second kappa shape index (κ2) is 7.23. The SMILES string of the molecule is O=C(CCC1CCN(Cc2ccc(F)cc2)CC1)NC1CC1. The van der Waals surface area contributed by atoms with Gasteiger partial charge in [-0.3, -0.25) is 9.69 Å². The van der Waals surface area contributed by atoms with Gasteiger partial charge in [0.05, 0.1) is 0 Å². The molecule has 0 spiro atoms. The average Bonchev–Trinajstić information content (AvgIpc) is 3.33. The number of halogens is 1. The molecule has 1 heterocycles. The van der Waals surface area contributed by atoms with E-state index in [-0.39, 0.29) is 11.7 Å². The van der Waals surface area contributed by atoms with Gasteiger partial charge >= 0.3 is 0 Å². The predicted octanol–water partition coefficient (Wildman–Crippen LogP) is 3.10. The molecular weight excluding hydrogens is 279 g/mol. The van der Waals surface area contributed by atoms with Crippen molar-refractivity contribution in [2.75, 3.05) is 13.1 Å². The summed E-state index contributed by atoms with van der Waals surface area (Å²) < 4.78 is 12.9. The van der Waals surface area contributed by atoms with Crippen LogP contribution in [0.3, 0.4) is 0 Å². The van der Waals surface area contributed by atoms with Gasteiger partial charge in [-0.2, -0.15) is 0 Å². The third-order valence-electron chi connectivity index (χ3n) is 4.75. The molecule has 1 saturated carbocycles. The lowest BCUT2D eigenvalue weighted by molar-refractivity contribution is -0.121. The Balaban J connectivity index is 1.34. The molecule has 22 heavy (non-hydrogen) atoms. The van der Waals surface area contributed by atoms with Crippen LogP contribution >= 0.6 is 0 Å². The Morgan fingerprint density at radius 2 is 1.82 bits per heavy atom. The van der Waals surface area contributed by atoms with Crippen LogP contribution < -0.4 is 5.32 Å². The van der Waals surface area contributed by atoms with Gasteiger partial charge in [-0.05, 0) is 68.8 Å². The fourth-order valence-corrected chi connectivity index (χ4v) is 3.14. The molecule has 1 amide bonds.